The fourth-order valence-electron chi connectivity index (χ4n) is 3.49. The zero-order valence-electron chi connectivity index (χ0n) is 14.7. The van der Waals surface area contributed by atoms with E-state index in [0.717, 1.165) is 24.7 Å². The first-order chi connectivity index (χ1) is 11.2. The third kappa shape index (κ3) is 3.93. The van der Waals surface area contributed by atoms with Crippen LogP contribution >= 0.6 is 0 Å². The molecule has 2 heterocycles. The summed E-state index contributed by atoms with van der Waals surface area (Å²) in [4.78, 5) is 11.8. The van der Waals surface area contributed by atoms with E-state index in [9.17, 15) is 4.79 Å². The standard InChI is InChI=1S/C19H30O4/c1-4-7-8-9-10-12-19-13-11-16(23-19)17(15(19)14-20)18(21-5-2)22-6-3/h11,13-14,16,18H,4-10,12H2,1-3H3/t16-,19+/m0/s1. The van der Waals surface area contributed by atoms with Gasteiger partial charge in [-0.15, -0.1) is 0 Å². The molecule has 0 fully saturated rings. The predicted molar refractivity (Wildman–Crippen MR) is 90.3 cm³/mol. The maximum absolute atomic E-state index is 11.8. The van der Waals surface area contributed by atoms with Crippen LogP contribution in [-0.4, -0.2) is 37.5 Å². The lowest BCUT2D eigenvalue weighted by molar-refractivity contribution is -0.118. The third-order valence-corrected chi connectivity index (χ3v) is 4.61. The van der Waals surface area contributed by atoms with Crippen LogP contribution in [0, 0.1) is 0 Å². The summed E-state index contributed by atoms with van der Waals surface area (Å²) >= 11 is 0. The van der Waals surface area contributed by atoms with E-state index < -0.39 is 11.9 Å². The monoisotopic (exact) mass is 322 g/mol. The summed E-state index contributed by atoms with van der Waals surface area (Å²) in [6.07, 6.45) is 11.2. The van der Waals surface area contributed by atoms with Gasteiger partial charge in [0.05, 0.1) is 0 Å². The molecule has 130 valence electrons. The number of unbranched alkanes of at least 4 members (excludes halogenated alkanes) is 4. The van der Waals surface area contributed by atoms with Crippen molar-refractivity contribution in [2.75, 3.05) is 13.2 Å². The van der Waals surface area contributed by atoms with Gasteiger partial charge in [-0.1, -0.05) is 38.7 Å². The Morgan fingerprint density at radius 2 is 1.87 bits per heavy atom. The number of fused-ring (bicyclic) bond motifs is 2. The number of aldehydes is 1. The molecular formula is C19H30O4. The molecule has 2 rings (SSSR count). The summed E-state index contributed by atoms with van der Waals surface area (Å²) in [7, 11) is 0. The van der Waals surface area contributed by atoms with Gasteiger partial charge in [0.15, 0.2) is 6.29 Å². The van der Waals surface area contributed by atoms with Gasteiger partial charge in [0.2, 0.25) is 0 Å². The van der Waals surface area contributed by atoms with Gasteiger partial charge in [0.1, 0.15) is 18.0 Å². The second-order valence-electron chi connectivity index (χ2n) is 6.18. The van der Waals surface area contributed by atoms with E-state index >= 15 is 0 Å². The number of carbonyl (C=O) groups excluding carboxylic acids is 1. The molecule has 4 nitrogen and oxygen atoms in total. The molecule has 0 aliphatic carbocycles. The second-order valence-corrected chi connectivity index (χ2v) is 6.18. The second kappa shape index (κ2) is 8.76. The smallest absolute Gasteiger partial charge is 0.183 e. The van der Waals surface area contributed by atoms with Crippen molar-refractivity contribution in [1.82, 2.24) is 0 Å². The Labute approximate surface area is 139 Å². The average Bonchev–Trinajstić information content (AvgIpc) is 3.10. The van der Waals surface area contributed by atoms with Crippen molar-refractivity contribution >= 4 is 6.29 Å². The molecule has 0 unspecified atom stereocenters. The van der Waals surface area contributed by atoms with Crippen molar-refractivity contribution in [1.29, 1.82) is 0 Å². The Hall–Kier alpha value is -0.970. The van der Waals surface area contributed by atoms with Crippen molar-refractivity contribution in [3.8, 4) is 0 Å². The molecule has 0 aromatic heterocycles. The minimum Gasteiger partial charge on any atom is -0.354 e. The Morgan fingerprint density at radius 1 is 1.17 bits per heavy atom. The Kier molecular flexibility index (Phi) is 7.00. The highest BCUT2D eigenvalue weighted by molar-refractivity contribution is 5.82. The van der Waals surface area contributed by atoms with Gasteiger partial charge in [0.25, 0.3) is 0 Å². The lowest BCUT2D eigenvalue weighted by Gasteiger charge is -2.25. The highest BCUT2D eigenvalue weighted by atomic mass is 16.7. The molecule has 2 aliphatic rings. The first kappa shape index (κ1) is 18.4. The summed E-state index contributed by atoms with van der Waals surface area (Å²) < 4.78 is 17.6. The fourth-order valence-corrected chi connectivity index (χ4v) is 3.49. The number of ether oxygens (including phenoxy) is 3. The van der Waals surface area contributed by atoms with Crippen LogP contribution in [-0.2, 0) is 19.0 Å². The molecule has 4 heteroatoms. The lowest BCUT2D eigenvalue weighted by atomic mass is 9.83. The molecular weight excluding hydrogens is 292 g/mol. The van der Waals surface area contributed by atoms with Gasteiger partial charge in [-0.3, -0.25) is 4.79 Å². The Balaban J connectivity index is 2.10. The molecule has 0 aromatic rings. The van der Waals surface area contributed by atoms with E-state index in [1.54, 1.807) is 0 Å². The van der Waals surface area contributed by atoms with Crippen LogP contribution in [0.1, 0.15) is 59.3 Å². The highest BCUT2D eigenvalue weighted by Crippen LogP contribution is 2.46. The van der Waals surface area contributed by atoms with Crippen LogP contribution in [0.3, 0.4) is 0 Å². The molecule has 0 saturated heterocycles. The lowest BCUT2D eigenvalue weighted by Crippen LogP contribution is -2.29. The Bertz CT molecular complexity index is 448. The van der Waals surface area contributed by atoms with Crippen molar-refractivity contribution in [2.45, 2.75) is 77.3 Å². The fraction of sp³-hybridized carbons (Fsp3) is 0.737. The zero-order valence-corrected chi connectivity index (χ0v) is 14.7. The van der Waals surface area contributed by atoms with Crippen LogP contribution in [0.4, 0.5) is 0 Å². The minimum atomic E-state index is -0.555. The zero-order chi connectivity index (χ0) is 16.7. The maximum Gasteiger partial charge on any atom is 0.183 e. The summed E-state index contributed by atoms with van der Waals surface area (Å²) in [5.74, 6) is 0. The predicted octanol–water partition coefficient (Wildman–Crippen LogP) is 3.95. The number of hydrogen-bond donors (Lipinski definition) is 0. The van der Waals surface area contributed by atoms with E-state index in [1.807, 2.05) is 19.9 Å². The third-order valence-electron chi connectivity index (χ3n) is 4.61. The van der Waals surface area contributed by atoms with E-state index in [-0.39, 0.29) is 6.10 Å². The van der Waals surface area contributed by atoms with Gasteiger partial charge in [-0.25, -0.2) is 0 Å². The van der Waals surface area contributed by atoms with Crippen LogP contribution in [0.25, 0.3) is 0 Å². The highest BCUT2D eigenvalue weighted by Gasteiger charge is 2.50. The molecule has 0 amide bonds. The number of hydrogen-bond acceptors (Lipinski definition) is 4. The largest absolute Gasteiger partial charge is 0.354 e. The normalized spacial score (nSPS) is 25.8. The quantitative estimate of drug-likeness (QED) is 0.236. The molecule has 0 saturated carbocycles. The van der Waals surface area contributed by atoms with E-state index in [4.69, 9.17) is 14.2 Å². The SMILES string of the molecule is CCCCCCC[C@]12C=C[C@H](O1)C(C(OCC)OCC)=C2C=O. The van der Waals surface area contributed by atoms with Crippen molar-refractivity contribution in [3.05, 3.63) is 23.3 Å². The molecule has 0 aromatic carbocycles. The van der Waals surface area contributed by atoms with Crippen LogP contribution in [0.15, 0.2) is 23.3 Å². The molecule has 0 spiro atoms. The van der Waals surface area contributed by atoms with Crippen molar-refractivity contribution < 1.29 is 19.0 Å². The van der Waals surface area contributed by atoms with Crippen LogP contribution in [0.2, 0.25) is 0 Å². The van der Waals surface area contributed by atoms with Crippen LogP contribution < -0.4 is 0 Å². The Morgan fingerprint density at radius 3 is 2.48 bits per heavy atom. The van der Waals surface area contributed by atoms with Gasteiger partial charge in [-0.05, 0) is 32.8 Å². The van der Waals surface area contributed by atoms with Gasteiger partial charge >= 0.3 is 0 Å². The molecule has 0 radical (unpaired) electrons. The molecule has 2 aliphatic heterocycles. The van der Waals surface area contributed by atoms with E-state index in [2.05, 4.69) is 13.0 Å². The molecule has 2 atom stereocenters. The van der Waals surface area contributed by atoms with Gasteiger partial charge < -0.3 is 14.2 Å². The number of rotatable bonds is 12. The molecule has 23 heavy (non-hydrogen) atoms. The summed E-state index contributed by atoms with van der Waals surface area (Å²) in [6.45, 7) is 7.16. The van der Waals surface area contributed by atoms with Gasteiger partial charge in [-0.2, -0.15) is 0 Å². The van der Waals surface area contributed by atoms with Gasteiger partial charge in [0, 0.05) is 24.4 Å². The first-order valence-corrected chi connectivity index (χ1v) is 9.02. The summed E-state index contributed by atoms with van der Waals surface area (Å²) in [5, 5.41) is 0. The maximum atomic E-state index is 11.8. The average molecular weight is 322 g/mol. The topological polar surface area (TPSA) is 44.8 Å². The molecule has 0 N–H and O–H groups in total. The summed E-state index contributed by atoms with van der Waals surface area (Å²) in [6, 6.07) is 0. The van der Waals surface area contributed by atoms with E-state index in [1.165, 1.54) is 25.7 Å². The number of carbonyl (C=O) groups is 1. The van der Waals surface area contributed by atoms with Crippen LogP contribution in [0.5, 0.6) is 0 Å². The summed E-state index contributed by atoms with van der Waals surface area (Å²) in [5.41, 5.74) is 1.02. The van der Waals surface area contributed by atoms with Crippen molar-refractivity contribution in [3.63, 3.8) is 0 Å². The minimum absolute atomic E-state index is 0.186. The van der Waals surface area contributed by atoms with Crippen molar-refractivity contribution in [2.24, 2.45) is 0 Å². The van der Waals surface area contributed by atoms with E-state index in [0.29, 0.717) is 18.8 Å². The first-order valence-electron chi connectivity index (χ1n) is 9.02. The molecule has 2 bridgehead atoms.